The van der Waals surface area contributed by atoms with Gasteiger partial charge in [-0.1, -0.05) is 23.7 Å². The fraction of sp³-hybridized carbons (Fsp3) is 0.562. The smallest absolute Gasteiger partial charge is 0.233 e. The highest BCUT2D eigenvalue weighted by molar-refractivity contribution is 6.30. The minimum Gasteiger partial charge on any atom is -0.375 e. The van der Waals surface area contributed by atoms with E-state index in [-0.39, 0.29) is 23.5 Å². The van der Waals surface area contributed by atoms with Gasteiger partial charge in [0.05, 0.1) is 24.2 Å². The maximum absolute atomic E-state index is 13.0. The van der Waals surface area contributed by atoms with Gasteiger partial charge in [0.15, 0.2) is 0 Å². The molecule has 108 valence electrons. The Morgan fingerprint density at radius 3 is 2.80 bits per heavy atom. The topological polar surface area (TPSA) is 29.5 Å². The molecule has 0 aromatic heterocycles. The molecule has 1 aromatic carbocycles. The van der Waals surface area contributed by atoms with Crippen molar-refractivity contribution in [1.29, 1.82) is 0 Å². The molecular formula is C16H20ClNO2. The molecule has 20 heavy (non-hydrogen) atoms. The third-order valence-corrected chi connectivity index (χ3v) is 4.64. The van der Waals surface area contributed by atoms with E-state index in [0.717, 1.165) is 18.4 Å². The number of halogens is 1. The minimum atomic E-state index is -0.337. The molecule has 1 saturated carbocycles. The Morgan fingerprint density at radius 1 is 1.40 bits per heavy atom. The van der Waals surface area contributed by atoms with Crippen LogP contribution in [0.4, 0.5) is 0 Å². The lowest BCUT2D eigenvalue weighted by Gasteiger charge is -2.39. The van der Waals surface area contributed by atoms with Gasteiger partial charge in [-0.15, -0.1) is 0 Å². The highest BCUT2D eigenvalue weighted by atomic mass is 35.5. The summed E-state index contributed by atoms with van der Waals surface area (Å²) in [6, 6.07) is 7.88. The Kier molecular flexibility index (Phi) is 3.51. The number of carbonyl (C=O) groups excluding carboxylic acids is 1. The van der Waals surface area contributed by atoms with Crippen LogP contribution in [0, 0.1) is 0 Å². The molecule has 1 saturated heterocycles. The molecule has 2 fully saturated rings. The van der Waals surface area contributed by atoms with E-state index in [2.05, 4.69) is 6.92 Å². The number of nitrogens with zero attached hydrogens (tertiary/aromatic N) is 1. The molecule has 2 atom stereocenters. The fourth-order valence-electron chi connectivity index (χ4n) is 3.00. The third-order valence-electron chi connectivity index (χ3n) is 4.41. The SMILES string of the molecule is CC1CN(C(=O)C2(c3cccc(Cl)c3)CC2)C(C)CO1. The Labute approximate surface area is 124 Å². The molecular weight excluding hydrogens is 274 g/mol. The van der Waals surface area contributed by atoms with Gasteiger partial charge in [-0.2, -0.15) is 0 Å². The monoisotopic (exact) mass is 293 g/mol. The zero-order valence-electron chi connectivity index (χ0n) is 11.9. The number of ether oxygens (including phenoxy) is 1. The van der Waals surface area contributed by atoms with Crippen molar-refractivity contribution >= 4 is 17.5 Å². The molecule has 4 heteroatoms. The first-order chi connectivity index (χ1) is 9.53. The molecule has 1 heterocycles. The van der Waals surface area contributed by atoms with Gasteiger partial charge in [-0.25, -0.2) is 0 Å². The largest absolute Gasteiger partial charge is 0.375 e. The van der Waals surface area contributed by atoms with Crippen molar-refractivity contribution in [3.05, 3.63) is 34.9 Å². The molecule has 0 radical (unpaired) electrons. The van der Waals surface area contributed by atoms with Crippen molar-refractivity contribution in [2.24, 2.45) is 0 Å². The van der Waals surface area contributed by atoms with Gasteiger partial charge >= 0.3 is 0 Å². The van der Waals surface area contributed by atoms with Gasteiger partial charge in [0.1, 0.15) is 0 Å². The van der Waals surface area contributed by atoms with Gasteiger partial charge < -0.3 is 9.64 Å². The number of benzene rings is 1. The molecule has 0 bridgehead atoms. The summed E-state index contributed by atoms with van der Waals surface area (Å²) in [5, 5.41) is 0.699. The highest BCUT2D eigenvalue weighted by Gasteiger charge is 2.54. The van der Waals surface area contributed by atoms with E-state index in [1.165, 1.54) is 0 Å². The predicted octanol–water partition coefficient (Wildman–Crippen LogP) is 3.01. The molecule has 0 spiro atoms. The molecule has 1 amide bonds. The fourth-order valence-corrected chi connectivity index (χ4v) is 3.19. The number of hydrogen-bond donors (Lipinski definition) is 0. The quantitative estimate of drug-likeness (QED) is 0.839. The zero-order chi connectivity index (χ0) is 14.3. The van der Waals surface area contributed by atoms with E-state index in [4.69, 9.17) is 16.3 Å². The normalized spacial score (nSPS) is 28.2. The van der Waals surface area contributed by atoms with Crippen LogP contribution in [-0.2, 0) is 14.9 Å². The molecule has 3 rings (SSSR count). The van der Waals surface area contributed by atoms with E-state index in [1.807, 2.05) is 36.1 Å². The molecule has 1 aliphatic carbocycles. The highest BCUT2D eigenvalue weighted by Crippen LogP contribution is 2.50. The summed E-state index contributed by atoms with van der Waals surface area (Å²) in [6.07, 6.45) is 1.96. The second-order valence-electron chi connectivity index (χ2n) is 6.04. The van der Waals surface area contributed by atoms with Crippen molar-refractivity contribution in [2.45, 2.75) is 44.2 Å². The van der Waals surface area contributed by atoms with Crippen LogP contribution >= 0.6 is 11.6 Å². The van der Waals surface area contributed by atoms with Crippen LogP contribution < -0.4 is 0 Å². The Morgan fingerprint density at radius 2 is 2.15 bits per heavy atom. The van der Waals surface area contributed by atoms with Gasteiger partial charge in [0, 0.05) is 11.6 Å². The van der Waals surface area contributed by atoms with Crippen molar-refractivity contribution in [1.82, 2.24) is 4.90 Å². The van der Waals surface area contributed by atoms with Gasteiger partial charge in [-0.3, -0.25) is 4.79 Å². The first-order valence-electron chi connectivity index (χ1n) is 7.22. The summed E-state index contributed by atoms with van der Waals surface area (Å²) in [5.74, 6) is 0.238. The summed E-state index contributed by atoms with van der Waals surface area (Å²) in [7, 11) is 0. The van der Waals surface area contributed by atoms with Crippen molar-refractivity contribution in [3.63, 3.8) is 0 Å². The third kappa shape index (κ3) is 2.33. The van der Waals surface area contributed by atoms with Crippen molar-refractivity contribution in [3.8, 4) is 0 Å². The minimum absolute atomic E-state index is 0.116. The predicted molar refractivity (Wildman–Crippen MR) is 79.0 cm³/mol. The second-order valence-corrected chi connectivity index (χ2v) is 6.48. The lowest BCUT2D eigenvalue weighted by molar-refractivity contribution is -0.146. The lowest BCUT2D eigenvalue weighted by Crippen LogP contribution is -2.53. The van der Waals surface area contributed by atoms with Crippen molar-refractivity contribution in [2.75, 3.05) is 13.2 Å². The van der Waals surface area contributed by atoms with Gasteiger partial charge in [0.2, 0.25) is 5.91 Å². The summed E-state index contributed by atoms with van der Waals surface area (Å²) in [5.41, 5.74) is 0.720. The van der Waals surface area contributed by atoms with E-state index in [0.29, 0.717) is 18.2 Å². The first-order valence-corrected chi connectivity index (χ1v) is 7.59. The van der Waals surface area contributed by atoms with Gasteiger partial charge in [0.25, 0.3) is 0 Å². The maximum atomic E-state index is 13.0. The van der Waals surface area contributed by atoms with E-state index in [1.54, 1.807) is 0 Å². The van der Waals surface area contributed by atoms with E-state index in [9.17, 15) is 4.79 Å². The summed E-state index contributed by atoms with van der Waals surface area (Å²) >= 11 is 6.08. The maximum Gasteiger partial charge on any atom is 0.233 e. The second kappa shape index (κ2) is 5.05. The standard InChI is InChI=1S/C16H20ClNO2/c1-11-10-20-12(2)9-18(11)15(19)16(6-7-16)13-4-3-5-14(17)8-13/h3-5,8,11-12H,6-7,9-10H2,1-2H3. The first kappa shape index (κ1) is 13.9. The number of hydrogen-bond acceptors (Lipinski definition) is 2. The molecule has 2 unspecified atom stereocenters. The zero-order valence-corrected chi connectivity index (χ0v) is 12.7. The lowest BCUT2D eigenvalue weighted by atomic mass is 9.93. The van der Waals surface area contributed by atoms with E-state index < -0.39 is 0 Å². The number of carbonyl (C=O) groups is 1. The van der Waals surface area contributed by atoms with Crippen LogP contribution in [0.5, 0.6) is 0 Å². The molecule has 3 nitrogen and oxygen atoms in total. The number of morpholine rings is 1. The number of amides is 1. The van der Waals surface area contributed by atoms with E-state index >= 15 is 0 Å². The van der Waals surface area contributed by atoms with Crippen LogP contribution in [0.25, 0.3) is 0 Å². The van der Waals surface area contributed by atoms with Crippen LogP contribution in [0.2, 0.25) is 5.02 Å². The number of rotatable bonds is 2. The Bertz CT molecular complexity index is 527. The molecule has 2 aliphatic rings. The molecule has 1 aliphatic heterocycles. The summed E-state index contributed by atoms with van der Waals surface area (Å²) in [6.45, 7) is 5.38. The molecule has 1 aromatic rings. The van der Waals surface area contributed by atoms with Crippen molar-refractivity contribution < 1.29 is 9.53 Å². The Hall–Kier alpha value is -1.06. The van der Waals surface area contributed by atoms with Crippen LogP contribution in [-0.4, -0.2) is 36.1 Å². The summed E-state index contributed by atoms with van der Waals surface area (Å²) in [4.78, 5) is 15.0. The van der Waals surface area contributed by atoms with Gasteiger partial charge in [-0.05, 0) is 44.4 Å². The average molecular weight is 294 g/mol. The summed E-state index contributed by atoms with van der Waals surface area (Å²) < 4.78 is 5.61. The van der Waals surface area contributed by atoms with Crippen LogP contribution in [0.1, 0.15) is 32.3 Å². The van der Waals surface area contributed by atoms with Crippen LogP contribution in [0.3, 0.4) is 0 Å². The van der Waals surface area contributed by atoms with Crippen LogP contribution in [0.15, 0.2) is 24.3 Å². The average Bonchev–Trinajstić information content (AvgIpc) is 3.22. The Balaban J connectivity index is 1.86. The molecule has 0 N–H and O–H groups in total.